The highest BCUT2D eigenvalue weighted by Gasteiger charge is 2.15. The minimum absolute atomic E-state index is 0.414. The van der Waals surface area contributed by atoms with Crippen LogP contribution in [-0.2, 0) is 6.54 Å². The molecular weight excluding hydrogens is 210 g/mol. The molecule has 90 valence electrons. The summed E-state index contributed by atoms with van der Waals surface area (Å²) in [6, 6.07) is 8.31. The van der Waals surface area contributed by atoms with E-state index < -0.39 is 0 Å². The second-order valence-corrected chi connectivity index (χ2v) is 4.62. The monoisotopic (exact) mass is 229 g/mol. The van der Waals surface area contributed by atoms with Crippen LogP contribution in [-0.4, -0.2) is 9.97 Å². The molecule has 0 spiro atoms. The first kappa shape index (κ1) is 11.9. The van der Waals surface area contributed by atoms with Crippen LogP contribution < -0.4 is 5.73 Å². The lowest BCUT2D eigenvalue weighted by atomic mass is 10.00. The van der Waals surface area contributed by atoms with Crippen LogP contribution in [0.3, 0.4) is 0 Å². The highest BCUT2D eigenvalue weighted by molar-refractivity contribution is 5.66. The Balaban J connectivity index is 2.58. The second-order valence-electron chi connectivity index (χ2n) is 4.62. The Bertz CT molecular complexity index is 512. The van der Waals surface area contributed by atoms with Gasteiger partial charge in [-0.25, -0.2) is 4.98 Å². The van der Waals surface area contributed by atoms with E-state index in [2.05, 4.69) is 42.9 Å². The van der Waals surface area contributed by atoms with Gasteiger partial charge in [-0.3, -0.25) is 0 Å². The van der Waals surface area contributed by atoms with Crippen molar-refractivity contribution in [2.45, 2.75) is 33.2 Å². The molecule has 0 atom stereocenters. The molecule has 0 bridgehead atoms. The molecule has 0 unspecified atom stereocenters. The molecule has 0 saturated heterocycles. The van der Waals surface area contributed by atoms with Gasteiger partial charge in [-0.1, -0.05) is 38.1 Å². The topological polar surface area (TPSA) is 54.7 Å². The summed E-state index contributed by atoms with van der Waals surface area (Å²) < 4.78 is 0. The smallest absolute Gasteiger partial charge is 0.120 e. The summed E-state index contributed by atoms with van der Waals surface area (Å²) in [5.74, 6) is 1.27. The van der Waals surface area contributed by atoms with Crippen molar-refractivity contribution in [3.63, 3.8) is 0 Å². The summed E-state index contributed by atoms with van der Waals surface area (Å²) in [5, 5.41) is 0. The molecule has 0 aliphatic rings. The SMILES string of the molecule is Cc1ccccc1-c1nc(CN)[nH]c1C(C)C. The van der Waals surface area contributed by atoms with E-state index in [4.69, 9.17) is 5.73 Å². The molecule has 1 aromatic carbocycles. The van der Waals surface area contributed by atoms with E-state index in [0.717, 1.165) is 11.5 Å². The quantitative estimate of drug-likeness (QED) is 0.850. The second kappa shape index (κ2) is 4.72. The average Bonchev–Trinajstić information content (AvgIpc) is 2.73. The van der Waals surface area contributed by atoms with Crippen LogP contribution in [0.5, 0.6) is 0 Å². The molecule has 1 heterocycles. The molecule has 2 aromatic rings. The Morgan fingerprint density at radius 3 is 2.59 bits per heavy atom. The molecule has 3 nitrogen and oxygen atoms in total. The van der Waals surface area contributed by atoms with Gasteiger partial charge < -0.3 is 10.7 Å². The number of nitrogens with two attached hydrogens (primary N) is 1. The van der Waals surface area contributed by atoms with E-state index in [-0.39, 0.29) is 0 Å². The molecule has 0 amide bonds. The van der Waals surface area contributed by atoms with E-state index in [1.807, 2.05) is 12.1 Å². The van der Waals surface area contributed by atoms with Crippen molar-refractivity contribution >= 4 is 0 Å². The maximum absolute atomic E-state index is 5.65. The van der Waals surface area contributed by atoms with Crippen molar-refractivity contribution < 1.29 is 0 Å². The number of rotatable bonds is 3. The largest absolute Gasteiger partial charge is 0.344 e. The van der Waals surface area contributed by atoms with E-state index in [9.17, 15) is 0 Å². The summed E-state index contributed by atoms with van der Waals surface area (Å²) in [6.45, 7) is 6.88. The Morgan fingerprint density at radius 1 is 1.29 bits per heavy atom. The molecule has 0 saturated carbocycles. The van der Waals surface area contributed by atoms with Crippen molar-refractivity contribution in [2.24, 2.45) is 5.73 Å². The van der Waals surface area contributed by atoms with E-state index in [1.54, 1.807) is 0 Å². The van der Waals surface area contributed by atoms with Gasteiger partial charge in [0.25, 0.3) is 0 Å². The number of nitrogens with one attached hydrogen (secondary N) is 1. The third kappa shape index (κ3) is 2.24. The molecule has 0 fully saturated rings. The fourth-order valence-corrected chi connectivity index (χ4v) is 2.00. The molecule has 0 aliphatic carbocycles. The van der Waals surface area contributed by atoms with Crippen molar-refractivity contribution in [1.82, 2.24) is 9.97 Å². The van der Waals surface area contributed by atoms with E-state index >= 15 is 0 Å². The predicted molar refractivity (Wildman–Crippen MR) is 70.7 cm³/mol. The first-order valence-corrected chi connectivity index (χ1v) is 5.98. The van der Waals surface area contributed by atoms with Gasteiger partial charge in [-0.15, -0.1) is 0 Å². The van der Waals surface area contributed by atoms with Crippen LogP contribution in [0.2, 0.25) is 0 Å². The fraction of sp³-hybridized carbons (Fsp3) is 0.357. The number of hydrogen-bond acceptors (Lipinski definition) is 2. The van der Waals surface area contributed by atoms with Crippen LogP contribution in [0.25, 0.3) is 11.3 Å². The third-order valence-electron chi connectivity index (χ3n) is 2.95. The average molecular weight is 229 g/mol. The molecule has 0 aliphatic heterocycles. The van der Waals surface area contributed by atoms with Crippen LogP contribution in [0.4, 0.5) is 0 Å². The van der Waals surface area contributed by atoms with E-state index in [0.29, 0.717) is 12.5 Å². The van der Waals surface area contributed by atoms with Gasteiger partial charge in [-0.05, 0) is 18.4 Å². The van der Waals surface area contributed by atoms with Gasteiger partial charge in [0.05, 0.1) is 12.2 Å². The molecule has 2 rings (SSSR count). The molecule has 3 heteroatoms. The van der Waals surface area contributed by atoms with Crippen LogP contribution >= 0.6 is 0 Å². The van der Waals surface area contributed by atoms with Crippen LogP contribution in [0.1, 0.15) is 36.8 Å². The summed E-state index contributed by atoms with van der Waals surface area (Å²) >= 11 is 0. The van der Waals surface area contributed by atoms with Gasteiger partial charge in [-0.2, -0.15) is 0 Å². The number of aromatic amines is 1. The molecular formula is C14H19N3. The predicted octanol–water partition coefficient (Wildman–Crippen LogP) is 2.97. The number of H-pyrrole nitrogens is 1. The number of aryl methyl sites for hydroxylation is 1. The summed E-state index contributed by atoms with van der Waals surface area (Å²) in [5.41, 5.74) is 10.3. The maximum Gasteiger partial charge on any atom is 0.120 e. The minimum atomic E-state index is 0.414. The zero-order valence-corrected chi connectivity index (χ0v) is 10.6. The normalized spacial score (nSPS) is 11.1. The van der Waals surface area contributed by atoms with Gasteiger partial charge in [0.2, 0.25) is 0 Å². The van der Waals surface area contributed by atoms with Crippen molar-refractivity contribution in [2.75, 3.05) is 0 Å². The number of hydrogen-bond donors (Lipinski definition) is 2. The fourth-order valence-electron chi connectivity index (χ4n) is 2.00. The molecule has 1 aromatic heterocycles. The van der Waals surface area contributed by atoms with Gasteiger partial charge in [0.1, 0.15) is 5.82 Å². The van der Waals surface area contributed by atoms with Gasteiger partial charge in [0, 0.05) is 11.3 Å². The highest BCUT2D eigenvalue weighted by Crippen LogP contribution is 2.29. The number of nitrogens with zero attached hydrogens (tertiary/aromatic N) is 1. The number of benzene rings is 1. The number of aromatic nitrogens is 2. The van der Waals surface area contributed by atoms with Crippen LogP contribution in [0, 0.1) is 6.92 Å². The zero-order chi connectivity index (χ0) is 12.4. The molecule has 3 N–H and O–H groups in total. The van der Waals surface area contributed by atoms with Crippen molar-refractivity contribution in [3.8, 4) is 11.3 Å². The first-order valence-electron chi connectivity index (χ1n) is 5.98. The third-order valence-corrected chi connectivity index (χ3v) is 2.95. The van der Waals surface area contributed by atoms with E-state index in [1.165, 1.54) is 16.8 Å². The lowest BCUT2D eigenvalue weighted by Gasteiger charge is -2.07. The lowest BCUT2D eigenvalue weighted by molar-refractivity contribution is 0.821. The number of imidazole rings is 1. The standard InChI is InChI=1S/C14H19N3/c1-9(2)13-14(17-12(8-15)16-13)11-7-5-4-6-10(11)3/h4-7,9H,8,15H2,1-3H3,(H,16,17). The Kier molecular flexibility index (Phi) is 3.29. The Labute approximate surface area is 102 Å². The lowest BCUT2D eigenvalue weighted by Crippen LogP contribution is -1.98. The summed E-state index contributed by atoms with van der Waals surface area (Å²) in [4.78, 5) is 7.92. The van der Waals surface area contributed by atoms with Crippen molar-refractivity contribution in [1.29, 1.82) is 0 Å². The first-order chi connectivity index (χ1) is 8.13. The maximum atomic E-state index is 5.65. The molecule has 17 heavy (non-hydrogen) atoms. The van der Waals surface area contributed by atoms with Gasteiger partial charge in [0.15, 0.2) is 0 Å². The Hall–Kier alpha value is -1.61. The summed E-state index contributed by atoms with van der Waals surface area (Å²) in [7, 11) is 0. The Morgan fingerprint density at radius 2 is 2.00 bits per heavy atom. The van der Waals surface area contributed by atoms with Crippen molar-refractivity contribution in [3.05, 3.63) is 41.3 Å². The van der Waals surface area contributed by atoms with Crippen LogP contribution in [0.15, 0.2) is 24.3 Å². The zero-order valence-electron chi connectivity index (χ0n) is 10.6. The summed E-state index contributed by atoms with van der Waals surface area (Å²) in [6.07, 6.45) is 0. The highest BCUT2D eigenvalue weighted by atomic mass is 15.0. The minimum Gasteiger partial charge on any atom is -0.344 e. The van der Waals surface area contributed by atoms with Gasteiger partial charge >= 0.3 is 0 Å². The molecule has 0 radical (unpaired) electrons.